The molecule has 3 aliphatic rings. The SMILES string of the molecule is O=C1c2ccccc2N[C@@H](c2ccc(N3CCCCCC3)cc2)N1C1CC1. The van der Waals surface area contributed by atoms with Crippen LogP contribution < -0.4 is 10.2 Å². The van der Waals surface area contributed by atoms with Gasteiger partial charge in [0.2, 0.25) is 0 Å². The maximum Gasteiger partial charge on any atom is 0.258 e. The van der Waals surface area contributed by atoms with E-state index in [2.05, 4.69) is 39.4 Å². The second-order valence-corrected chi connectivity index (χ2v) is 8.03. The standard InChI is InChI=1S/C23H27N3O/c27-23-20-7-3-4-8-21(20)24-22(26(23)19-13-14-19)17-9-11-18(12-10-17)25-15-5-1-2-6-16-25/h3-4,7-12,19,22,24H,1-2,5-6,13-16H2/t22-/m1/s1. The van der Waals surface area contributed by atoms with Gasteiger partial charge in [0, 0.05) is 30.5 Å². The number of anilines is 2. The lowest BCUT2D eigenvalue weighted by molar-refractivity contribution is 0.0666. The molecule has 1 saturated heterocycles. The highest BCUT2D eigenvalue weighted by atomic mass is 16.2. The molecule has 4 nitrogen and oxygen atoms in total. The molecule has 5 rings (SSSR count). The molecule has 0 unspecified atom stereocenters. The summed E-state index contributed by atoms with van der Waals surface area (Å²) in [6, 6.07) is 17.1. The summed E-state index contributed by atoms with van der Waals surface area (Å²) in [6.45, 7) is 2.31. The van der Waals surface area contributed by atoms with Crippen LogP contribution in [0.2, 0.25) is 0 Å². The Morgan fingerprint density at radius 3 is 2.26 bits per heavy atom. The summed E-state index contributed by atoms with van der Waals surface area (Å²) in [5.74, 6) is 0.161. The number of amides is 1. The van der Waals surface area contributed by atoms with Crippen LogP contribution in [0.5, 0.6) is 0 Å². The zero-order valence-electron chi connectivity index (χ0n) is 15.7. The van der Waals surface area contributed by atoms with Crippen molar-refractivity contribution in [3.05, 3.63) is 59.7 Å². The zero-order chi connectivity index (χ0) is 18.2. The van der Waals surface area contributed by atoms with Gasteiger partial charge in [-0.25, -0.2) is 0 Å². The smallest absolute Gasteiger partial charge is 0.258 e. The number of benzene rings is 2. The molecule has 140 valence electrons. The molecule has 2 fully saturated rings. The van der Waals surface area contributed by atoms with Gasteiger partial charge in [-0.1, -0.05) is 37.1 Å². The maximum absolute atomic E-state index is 13.1. The number of para-hydroxylation sites is 1. The van der Waals surface area contributed by atoms with Crippen LogP contribution >= 0.6 is 0 Å². The normalized spacial score (nSPS) is 22.8. The maximum atomic E-state index is 13.1. The summed E-state index contributed by atoms with van der Waals surface area (Å²) >= 11 is 0. The topological polar surface area (TPSA) is 35.6 Å². The molecule has 1 saturated carbocycles. The Bertz CT molecular complexity index is 820. The van der Waals surface area contributed by atoms with Gasteiger partial charge in [-0.05, 0) is 55.5 Å². The Labute approximate surface area is 161 Å². The fourth-order valence-electron chi connectivity index (χ4n) is 4.44. The molecule has 1 aliphatic carbocycles. The van der Waals surface area contributed by atoms with Gasteiger partial charge in [0.25, 0.3) is 5.91 Å². The van der Waals surface area contributed by atoms with Crippen LogP contribution in [0, 0.1) is 0 Å². The first kappa shape index (κ1) is 16.7. The van der Waals surface area contributed by atoms with E-state index in [-0.39, 0.29) is 12.1 Å². The van der Waals surface area contributed by atoms with Crippen molar-refractivity contribution in [1.29, 1.82) is 0 Å². The Morgan fingerprint density at radius 2 is 1.56 bits per heavy atom. The minimum absolute atomic E-state index is 0.0712. The first-order chi connectivity index (χ1) is 13.3. The summed E-state index contributed by atoms with van der Waals surface area (Å²) in [5.41, 5.74) is 4.22. The molecular weight excluding hydrogens is 334 g/mol. The van der Waals surface area contributed by atoms with Gasteiger partial charge in [0.15, 0.2) is 0 Å². The molecule has 1 N–H and O–H groups in total. The predicted octanol–water partition coefficient (Wildman–Crippen LogP) is 4.80. The molecule has 1 atom stereocenters. The fourth-order valence-corrected chi connectivity index (χ4v) is 4.44. The third-order valence-electron chi connectivity index (χ3n) is 6.08. The van der Waals surface area contributed by atoms with Crippen molar-refractivity contribution in [2.75, 3.05) is 23.3 Å². The van der Waals surface area contributed by atoms with E-state index >= 15 is 0 Å². The van der Waals surface area contributed by atoms with Crippen LogP contribution in [0.4, 0.5) is 11.4 Å². The number of nitrogens with zero attached hydrogens (tertiary/aromatic N) is 2. The number of carbonyl (C=O) groups excluding carboxylic acids is 1. The van der Waals surface area contributed by atoms with Crippen molar-refractivity contribution in [1.82, 2.24) is 4.90 Å². The average molecular weight is 361 g/mol. The van der Waals surface area contributed by atoms with Gasteiger partial charge >= 0.3 is 0 Å². The van der Waals surface area contributed by atoms with Crippen molar-refractivity contribution < 1.29 is 4.79 Å². The predicted molar refractivity (Wildman–Crippen MR) is 109 cm³/mol. The van der Waals surface area contributed by atoms with Gasteiger partial charge in [0.05, 0.1) is 5.56 Å². The third kappa shape index (κ3) is 3.18. The second-order valence-electron chi connectivity index (χ2n) is 8.03. The quantitative estimate of drug-likeness (QED) is 0.853. The summed E-state index contributed by atoms with van der Waals surface area (Å²) in [5, 5.41) is 3.62. The first-order valence-corrected chi connectivity index (χ1v) is 10.3. The minimum Gasteiger partial charge on any atom is -0.372 e. The second kappa shape index (κ2) is 6.91. The monoisotopic (exact) mass is 361 g/mol. The molecular formula is C23H27N3O. The van der Waals surface area contributed by atoms with Crippen LogP contribution in [0.15, 0.2) is 48.5 Å². The number of nitrogens with one attached hydrogen (secondary N) is 1. The van der Waals surface area contributed by atoms with Gasteiger partial charge in [-0.15, -0.1) is 0 Å². The zero-order valence-corrected chi connectivity index (χ0v) is 15.7. The number of rotatable bonds is 3. The van der Waals surface area contributed by atoms with Crippen molar-refractivity contribution in [3.8, 4) is 0 Å². The summed E-state index contributed by atoms with van der Waals surface area (Å²) in [4.78, 5) is 17.7. The molecule has 2 aromatic carbocycles. The van der Waals surface area contributed by atoms with Crippen molar-refractivity contribution in [2.24, 2.45) is 0 Å². The van der Waals surface area contributed by atoms with Crippen molar-refractivity contribution >= 4 is 17.3 Å². The molecule has 0 aromatic heterocycles. The Hall–Kier alpha value is -2.49. The molecule has 0 spiro atoms. The molecule has 0 bridgehead atoms. The Balaban J connectivity index is 1.43. The van der Waals surface area contributed by atoms with E-state index in [1.54, 1.807) is 0 Å². The third-order valence-corrected chi connectivity index (χ3v) is 6.08. The number of hydrogen-bond donors (Lipinski definition) is 1. The van der Waals surface area contributed by atoms with Crippen LogP contribution in [0.1, 0.15) is 60.6 Å². The summed E-state index contributed by atoms with van der Waals surface area (Å²) < 4.78 is 0. The van der Waals surface area contributed by atoms with E-state index in [0.717, 1.165) is 37.2 Å². The highest BCUT2D eigenvalue weighted by Gasteiger charge is 2.41. The van der Waals surface area contributed by atoms with Crippen molar-refractivity contribution in [3.63, 3.8) is 0 Å². The largest absolute Gasteiger partial charge is 0.372 e. The van der Waals surface area contributed by atoms with Crippen molar-refractivity contribution in [2.45, 2.75) is 50.7 Å². The first-order valence-electron chi connectivity index (χ1n) is 10.3. The summed E-state index contributed by atoms with van der Waals surface area (Å²) in [6.07, 6.45) is 7.41. The lowest BCUT2D eigenvalue weighted by Crippen LogP contribution is -2.44. The number of carbonyl (C=O) groups is 1. The van der Waals surface area contributed by atoms with Crippen LogP contribution in [0.3, 0.4) is 0 Å². The van der Waals surface area contributed by atoms with E-state index in [1.807, 2.05) is 24.3 Å². The summed E-state index contributed by atoms with van der Waals surface area (Å²) in [7, 11) is 0. The van der Waals surface area contributed by atoms with E-state index in [4.69, 9.17) is 0 Å². The van der Waals surface area contributed by atoms with Gasteiger partial charge in [0.1, 0.15) is 6.17 Å². The van der Waals surface area contributed by atoms with E-state index in [1.165, 1.54) is 36.9 Å². The average Bonchev–Trinajstić information content (AvgIpc) is 3.55. The lowest BCUT2D eigenvalue weighted by atomic mass is 10.0. The van der Waals surface area contributed by atoms with Gasteiger partial charge in [-0.3, -0.25) is 4.79 Å². The molecule has 2 heterocycles. The number of hydrogen-bond acceptors (Lipinski definition) is 3. The van der Waals surface area contributed by atoms with E-state index in [9.17, 15) is 4.79 Å². The van der Waals surface area contributed by atoms with E-state index < -0.39 is 0 Å². The van der Waals surface area contributed by atoms with Crippen LogP contribution in [0.25, 0.3) is 0 Å². The Morgan fingerprint density at radius 1 is 0.852 bits per heavy atom. The molecule has 2 aromatic rings. The van der Waals surface area contributed by atoms with Gasteiger partial charge in [-0.2, -0.15) is 0 Å². The lowest BCUT2D eigenvalue weighted by Gasteiger charge is -2.38. The molecule has 2 aliphatic heterocycles. The molecule has 4 heteroatoms. The number of fused-ring (bicyclic) bond motifs is 1. The van der Waals surface area contributed by atoms with Crippen LogP contribution in [-0.4, -0.2) is 29.9 Å². The Kier molecular flexibility index (Phi) is 4.27. The fraction of sp³-hybridized carbons (Fsp3) is 0.435. The molecule has 0 radical (unpaired) electrons. The van der Waals surface area contributed by atoms with E-state index in [0.29, 0.717) is 6.04 Å². The minimum atomic E-state index is -0.0712. The molecule has 27 heavy (non-hydrogen) atoms. The highest BCUT2D eigenvalue weighted by molar-refractivity contribution is 6.02. The van der Waals surface area contributed by atoms with Gasteiger partial charge < -0.3 is 15.1 Å². The highest BCUT2D eigenvalue weighted by Crippen LogP contribution is 2.41. The molecule has 1 amide bonds. The van der Waals surface area contributed by atoms with Crippen LogP contribution in [-0.2, 0) is 0 Å².